The lowest BCUT2D eigenvalue weighted by molar-refractivity contribution is -0.135. The second kappa shape index (κ2) is 11.3. The summed E-state index contributed by atoms with van der Waals surface area (Å²) in [5.41, 5.74) is 3.86. The van der Waals surface area contributed by atoms with Crippen LogP contribution >= 0.6 is 23.2 Å². The summed E-state index contributed by atoms with van der Waals surface area (Å²) >= 11 is 12.4. The normalized spacial score (nSPS) is 19.5. The molecule has 2 atom stereocenters. The van der Waals surface area contributed by atoms with Crippen LogP contribution in [0.25, 0.3) is 0 Å². The molecule has 0 bridgehead atoms. The number of carbonyl (C=O) groups excluding carboxylic acids is 2. The largest absolute Gasteiger partial charge is 0.497 e. The third-order valence-corrected chi connectivity index (χ3v) is 8.23. The van der Waals surface area contributed by atoms with Gasteiger partial charge in [-0.1, -0.05) is 53.5 Å². The molecule has 3 aromatic rings. The molecule has 198 valence electrons. The Labute approximate surface area is 233 Å². The molecule has 2 saturated heterocycles. The Morgan fingerprint density at radius 3 is 2.24 bits per heavy atom. The Balaban J connectivity index is 1.36. The van der Waals surface area contributed by atoms with Gasteiger partial charge in [-0.05, 0) is 54.4 Å². The Morgan fingerprint density at radius 1 is 0.868 bits per heavy atom. The fourth-order valence-corrected chi connectivity index (χ4v) is 6.05. The maximum absolute atomic E-state index is 13.9. The van der Waals surface area contributed by atoms with Gasteiger partial charge >= 0.3 is 0 Å². The fourth-order valence-electron chi connectivity index (χ4n) is 5.56. The molecular formula is C30H31Cl2N3O3. The molecule has 2 aliphatic heterocycles. The number of halogens is 2. The highest BCUT2D eigenvalue weighted by Gasteiger charge is 2.43. The quantitative estimate of drug-likeness (QED) is 0.419. The van der Waals surface area contributed by atoms with Crippen molar-refractivity contribution in [1.29, 1.82) is 0 Å². The van der Waals surface area contributed by atoms with E-state index in [1.54, 1.807) is 30.2 Å². The predicted octanol–water partition coefficient (Wildman–Crippen LogP) is 5.52. The summed E-state index contributed by atoms with van der Waals surface area (Å²) in [4.78, 5) is 33.5. The minimum absolute atomic E-state index is 0.0905. The lowest BCUT2D eigenvalue weighted by atomic mass is 9.87. The summed E-state index contributed by atoms with van der Waals surface area (Å²) in [6.45, 7) is 5.74. The highest BCUT2D eigenvalue weighted by Crippen LogP contribution is 2.37. The standard InChI is InChI=1S/C30H31Cl2N3O3/c1-20-5-3-4-6-28(20)33-13-15-34(16-14-33)30(37)26-19-35(29(36)24-12-9-22(31)17-27(24)32)18-25(26)21-7-10-23(38-2)11-8-21/h3-12,17,25-26H,13-16,18-19H2,1-2H3/t25-,26-/m1/s1. The Bertz CT molecular complexity index is 1320. The molecule has 3 aromatic carbocycles. The van der Waals surface area contributed by atoms with E-state index in [0.717, 1.165) is 24.4 Å². The van der Waals surface area contributed by atoms with Gasteiger partial charge in [-0.2, -0.15) is 0 Å². The number of aryl methyl sites for hydroxylation is 1. The van der Waals surface area contributed by atoms with Crippen LogP contribution in [0.5, 0.6) is 5.75 Å². The zero-order valence-corrected chi connectivity index (χ0v) is 23.1. The number of carbonyl (C=O) groups is 2. The van der Waals surface area contributed by atoms with Crippen LogP contribution in [-0.2, 0) is 4.79 Å². The molecule has 0 saturated carbocycles. The van der Waals surface area contributed by atoms with Crippen molar-refractivity contribution < 1.29 is 14.3 Å². The molecule has 8 heteroatoms. The number of amides is 2. The number of hydrogen-bond donors (Lipinski definition) is 0. The van der Waals surface area contributed by atoms with E-state index in [9.17, 15) is 9.59 Å². The molecular weight excluding hydrogens is 521 g/mol. The molecule has 0 unspecified atom stereocenters. The van der Waals surface area contributed by atoms with Crippen LogP contribution in [0.4, 0.5) is 5.69 Å². The molecule has 5 rings (SSSR count). The molecule has 0 radical (unpaired) electrons. The zero-order chi connectivity index (χ0) is 26.8. The van der Waals surface area contributed by atoms with E-state index in [-0.39, 0.29) is 23.7 Å². The monoisotopic (exact) mass is 551 g/mol. The first-order valence-corrected chi connectivity index (χ1v) is 13.6. The van der Waals surface area contributed by atoms with Gasteiger partial charge in [0.05, 0.1) is 23.6 Å². The lowest BCUT2D eigenvalue weighted by Crippen LogP contribution is -2.51. The molecule has 0 aromatic heterocycles. The van der Waals surface area contributed by atoms with Crippen molar-refractivity contribution >= 4 is 40.7 Å². The summed E-state index contributed by atoms with van der Waals surface area (Å²) in [7, 11) is 1.63. The smallest absolute Gasteiger partial charge is 0.255 e. The van der Waals surface area contributed by atoms with Crippen LogP contribution in [-0.4, -0.2) is 68.0 Å². The van der Waals surface area contributed by atoms with E-state index in [1.807, 2.05) is 35.2 Å². The first kappa shape index (κ1) is 26.4. The summed E-state index contributed by atoms with van der Waals surface area (Å²) in [5, 5.41) is 0.785. The molecule has 0 N–H and O–H groups in total. The summed E-state index contributed by atoms with van der Waals surface area (Å²) < 4.78 is 5.33. The summed E-state index contributed by atoms with van der Waals surface area (Å²) in [5.74, 6) is 0.182. The van der Waals surface area contributed by atoms with Crippen molar-refractivity contribution in [2.24, 2.45) is 5.92 Å². The van der Waals surface area contributed by atoms with Gasteiger partial charge in [-0.15, -0.1) is 0 Å². The number of para-hydroxylation sites is 1. The van der Waals surface area contributed by atoms with Crippen LogP contribution in [0.2, 0.25) is 10.0 Å². The third kappa shape index (κ3) is 5.33. The van der Waals surface area contributed by atoms with E-state index in [2.05, 4.69) is 30.0 Å². The topological polar surface area (TPSA) is 53.1 Å². The zero-order valence-electron chi connectivity index (χ0n) is 21.6. The highest BCUT2D eigenvalue weighted by atomic mass is 35.5. The Kier molecular flexibility index (Phi) is 7.82. The minimum atomic E-state index is -0.344. The van der Waals surface area contributed by atoms with Crippen LogP contribution in [0.3, 0.4) is 0 Å². The SMILES string of the molecule is COc1ccc([C@H]2CN(C(=O)c3ccc(Cl)cc3Cl)C[C@H]2C(=O)N2CCN(c3ccccc3C)CC2)cc1. The predicted molar refractivity (Wildman–Crippen MR) is 152 cm³/mol. The van der Waals surface area contributed by atoms with Crippen LogP contribution in [0, 0.1) is 12.8 Å². The van der Waals surface area contributed by atoms with Crippen molar-refractivity contribution in [3.05, 3.63) is 93.5 Å². The maximum Gasteiger partial charge on any atom is 0.255 e. The van der Waals surface area contributed by atoms with E-state index >= 15 is 0 Å². The number of rotatable bonds is 5. The van der Waals surface area contributed by atoms with Gasteiger partial charge < -0.3 is 19.4 Å². The summed E-state index contributed by atoms with van der Waals surface area (Å²) in [6.07, 6.45) is 0. The third-order valence-electron chi connectivity index (χ3n) is 7.68. The number of methoxy groups -OCH3 is 1. The second-order valence-corrected chi connectivity index (χ2v) is 10.8. The van der Waals surface area contributed by atoms with Crippen LogP contribution in [0.1, 0.15) is 27.4 Å². The molecule has 38 heavy (non-hydrogen) atoms. The van der Waals surface area contributed by atoms with Crippen molar-refractivity contribution in [1.82, 2.24) is 9.80 Å². The molecule has 2 fully saturated rings. The number of ether oxygens (including phenoxy) is 1. The number of piperazine rings is 1. The van der Waals surface area contributed by atoms with Crippen molar-refractivity contribution in [3.63, 3.8) is 0 Å². The molecule has 6 nitrogen and oxygen atoms in total. The van der Waals surface area contributed by atoms with Crippen LogP contribution in [0.15, 0.2) is 66.7 Å². The molecule has 2 amide bonds. The van der Waals surface area contributed by atoms with Crippen molar-refractivity contribution in [2.45, 2.75) is 12.8 Å². The average molecular weight is 553 g/mol. The van der Waals surface area contributed by atoms with Gasteiger partial charge in [-0.25, -0.2) is 0 Å². The number of nitrogens with zero attached hydrogens (tertiary/aromatic N) is 3. The first-order valence-electron chi connectivity index (χ1n) is 12.8. The van der Waals surface area contributed by atoms with Gasteiger partial charge in [0, 0.05) is 55.9 Å². The molecule has 2 heterocycles. The molecule has 0 spiro atoms. The minimum Gasteiger partial charge on any atom is -0.497 e. The Morgan fingerprint density at radius 2 is 1.58 bits per heavy atom. The van der Waals surface area contributed by atoms with Crippen molar-refractivity contribution in [3.8, 4) is 5.75 Å². The van der Waals surface area contributed by atoms with E-state index in [4.69, 9.17) is 27.9 Å². The van der Waals surface area contributed by atoms with Gasteiger partial charge in [-0.3, -0.25) is 9.59 Å². The number of benzene rings is 3. The number of hydrogen-bond acceptors (Lipinski definition) is 4. The van der Waals surface area contributed by atoms with E-state index < -0.39 is 0 Å². The van der Waals surface area contributed by atoms with Gasteiger partial charge in [0.25, 0.3) is 5.91 Å². The lowest BCUT2D eigenvalue weighted by Gasteiger charge is -2.38. The first-order chi connectivity index (χ1) is 18.4. The fraction of sp³-hybridized carbons (Fsp3) is 0.333. The van der Waals surface area contributed by atoms with Crippen LogP contribution < -0.4 is 9.64 Å². The van der Waals surface area contributed by atoms with Gasteiger partial charge in [0.2, 0.25) is 5.91 Å². The van der Waals surface area contributed by atoms with Gasteiger partial charge in [0.1, 0.15) is 5.75 Å². The Hall–Kier alpha value is -3.22. The average Bonchev–Trinajstić information content (AvgIpc) is 3.38. The molecule has 2 aliphatic rings. The van der Waals surface area contributed by atoms with Gasteiger partial charge in [0.15, 0.2) is 0 Å². The summed E-state index contributed by atoms with van der Waals surface area (Å²) in [6, 6.07) is 21.0. The highest BCUT2D eigenvalue weighted by molar-refractivity contribution is 6.36. The molecule has 0 aliphatic carbocycles. The number of anilines is 1. The number of likely N-dealkylation sites (tertiary alicyclic amines) is 1. The van der Waals surface area contributed by atoms with Crippen molar-refractivity contribution in [2.75, 3.05) is 51.3 Å². The van der Waals surface area contributed by atoms with E-state index in [0.29, 0.717) is 41.8 Å². The second-order valence-electron chi connectivity index (χ2n) is 9.92. The maximum atomic E-state index is 13.9. The van der Waals surface area contributed by atoms with E-state index in [1.165, 1.54) is 11.3 Å².